The maximum atomic E-state index is 12.3. The van der Waals surface area contributed by atoms with Gasteiger partial charge in [0.1, 0.15) is 5.78 Å². The van der Waals surface area contributed by atoms with Crippen molar-refractivity contribution in [3.8, 4) is 0 Å². The molecule has 5 nitrogen and oxygen atoms in total. The Hall–Kier alpha value is -1.88. The molecular formula is C20H24ClNO4. The second-order valence-corrected chi connectivity index (χ2v) is 7.78. The number of hydrogen-bond donors (Lipinski definition) is 1. The first-order chi connectivity index (χ1) is 12.4. The Kier molecular flexibility index (Phi) is 5.97. The Balaban J connectivity index is 1.46. The largest absolute Gasteiger partial charge is 0.455 e. The van der Waals surface area contributed by atoms with Crippen molar-refractivity contribution < 1.29 is 19.1 Å². The minimum Gasteiger partial charge on any atom is -0.455 e. The van der Waals surface area contributed by atoms with Crippen LogP contribution in [0.5, 0.6) is 0 Å². The number of carbonyl (C=O) groups is 3. The first kappa shape index (κ1) is 18.9. The van der Waals surface area contributed by atoms with Crippen molar-refractivity contribution in [2.45, 2.75) is 45.1 Å². The molecule has 0 radical (unpaired) electrons. The summed E-state index contributed by atoms with van der Waals surface area (Å²) < 4.78 is 5.22. The van der Waals surface area contributed by atoms with Gasteiger partial charge in [-0.25, -0.2) is 0 Å². The van der Waals surface area contributed by atoms with Crippen LogP contribution in [0.25, 0.3) is 0 Å². The van der Waals surface area contributed by atoms with Gasteiger partial charge in [-0.05, 0) is 50.3 Å². The van der Waals surface area contributed by atoms with Gasteiger partial charge in [0.2, 0.25) is 0 Å². The van der Waals surface area contributed by atoms with Crippen LogP contribution in [0, 0.1) is 17.8 Å². The number of ether oxygens (including phenoxy) is 1. The second kappa shape index (κ2) is 8.21. The Morgan fingerprint density at radius 1 is 1.19 bits per heavy atom. The van der Waals surface area contributed by atoms with Crippen molar-refractivity contribution in [2.75, 3.05) is 6.61 Å². The first-order valence-electron chi connectivity index (χ1n) is 9.19. The molecule has 1 N–H and O–H groups in total. The van der Waals surface area contributed by atoms with E-state index < -0.39 is 0 Å². The van der Waals surface area contributed by atoms with E-state index in [0.717, 1.165) is 24.8 Å². The predicted octanol–water partition coefficient (Wildman–Crippen LogP) is 3.46. The number of fused-ring (bicyclic) bond motifs is 2. The number of esters is 1. The van der Waals surface area contributed by atoms with Crippen molar-refractivity contribution in [3.05, 3.63) is 34.9 Å². The lowest BCUT2D eigenvalue weighted by Gasteiger charge is -2.36. The molecule has 1 unspecified atom stereocenters. The van der Waals surface area contributed by atoms with Gasteiger partial charge in [0.25, 0.3) is 5.91 Å². The van der Waals surface area contributed by atoms with Gasteiger partial charge in [-0.1, -0.05) is 30.2 Å². The number of carbonyl (C=O) groups excluding carboxylic acids is 3. The van der Waals surface area contributed by atoms with Gasteiger partial charge in [-0.2, -0.15) is 0 Å². The maximum absolute atomic E-state index is 12.3. The van der Waals surface area contributed by atoms with Crippen molar-refractivity contribution in [1.82, 2.24) is 5.32 Å². The third-order valence-electron chi connectivity index (χ3n) is 5.47. The summed E-state index contributed by atoms with van der Waals surface area (Å²) in [6.07, 6.45) is 3.94. The number of benzene rings is 1. The summed E-state index contributed by atoms with van der Waals surface area (Å²) in [7, 11) is 0. The van der Waals surface area contributed by atoms with E-state index in [1.54, 1.807) is 12.1 Å². The minimum atomic E-state index is -0.358. The fourth-order valence-electron chi connectivity index (χ4n) is 4.04. The zero-order valence-corrected chi connectivity index (χ0v) is 15.6. The van der Waals surface area contributed by atoms with E-state index in [2.05, 4.69) is 5.32 Å². The smallest absolute Gasteiger partial charge is 0.309 e. The first-order valence-corrected chi connectivity index (χ1v) is 9.57. The summed E-state index contributed by atoms with van der Waals surface area (Å²) in [5.41, 5.74) is 0.924. The number of Topliss-reactive ketones (excluding diaryl/α,β-unsaturated/α-hetero) is 1. The topological polar surface area (TPSA) is 72.5 Å². The summed E-state index contributed by atoms with van der Waals surface area (Å²) >= 11 is 5.86. The van der Waals surface area contributed by atoms with Crippen LogP contribution < -0.4 is 5.32 Å². The molecule has 1 aromatic rings. The summed E-state index contributed by atoms with van der Waals surface area (Å²) in [6.45, 7) is 1.56. The summed E-state index contributed by atoms with van der Waals surface area (Å²) in [6, 6.07) is 7.01. The summed E-state index contributed by atoms with van der Waals surface area (Å²) in [5.74, 6) is -0.645. The number of ketones is 1. The summed E-state index contributed by atoms with van der Waals surface area (Å²) in [4.78, 5) is 36.5. The van der Waals surface area contributed by atoms with E-state index in [9.17, 15) is 14.4 Å². The van der Waals surface area contributed by atoms with Crippen molar-refractivity contribution in [1.29, 1.82) is 0 Å². The second-order valence-electron chi connectivity index (χ2n) is 7.34. The Bertz CT molecular complexity index is 672. The normalized spacial score (nSPS) is 26.1. The van der Waals surface area contributed by atoms with Gasteiger partial charge in [-0.15, -0.1) is 0 Å². The molecule has 4 atom stereocenters. The van der Waals surface area contributed by atoms with Crippen LogP contribution in [0.2, 0.25) is 5.02 Å². The molecule has 0 aliphatic heterocycles. The van der Waals surface area contributed by atoms with Crippen LogP contribution in [0.1, 0.15) is 50.6 Å². The van der Waals surface area contributed by atoms with E-state index in [-0.39, 0.29) is 42.3 Å². The minimum absolute atomic E-state index is 0.00111. The molecule has 2 aliphatic carbocycles. The highest BCUT2D eigenvalue weighted by Gasteiger charge is 2.41. The lowest BCUT2D eigenvalue weighted by Crippen LogP contribution is -2.40. The Morgan fingerprint density at radius 2 is 1.81 bits per heavy atom. The molecule has 6 heteroatoms. The van der Waals surface area contributed by atoms with E-state index >= 15 is 0 Å². The van der Waals surface area contributed by atoms with Gasteiger partial charge in [0.15, 0.2) is 6.61 Å². The lowest BCUT2D eigenvalue weighted by atomic mass is 9.67. The van der Waals surface area contributed by atoms with Gasteiger partial charge in [-0.3, -0.25) is 14.4 Å². The molecule has 0 saturated heterocycles. The van der Waals surface area contributed by atoms with E-state index in [0.29, 0.717) is 23.6 Å². The van der Waals surface area contributed by atoms with E-state index in [1.165, 1.54) is 0 Å². The molecule has 140 valence electrons. The standard InChI is InChI=1S/C20H24ClNO4/c1-12(13-5-7-17(21)8-6-13)22-18(23)11-26-20(25)16-9-14-3-2-4-15(10-16)19(14)24/h5-8,12,14-16H,2-4,9-11H2,1H3,(H,22,23)/t12-,14-,15+,16?/m1/s1. The van der Waals surface area contributed by atoms with Crippen molar-refractivity contribution >= 4 is 29.3 Å². The molecule has 2 fully saturated rings. The quantitative estimate of drug-likeness (QED) is 0.797. The Labute approximate surface area is 158 Å². The molecular weight excluding hydrogens is 354 g/mol. The molecule has 0 heterocycles. The van der Waals surface area contributed by atoms with Crippen LogP contribution >= 0.6 is 11.6 Å². The Morgan fingerprint density at radius 3 is 2.42 bits per heavy atom. The molecule has 2 saturated carbocycles. The van der Waals surface area contributed by atoms with Crippen LogP contribution in [-0.4, -0.2) is 24.3 Å². The molecule has 1 aromatic carbocycles. The SMILES string of the molecule is C[C@@H](NC(=O)COC(=O)C1C[C@H]2CCC[C@@H](C1)C2=O)c1ccc(Cl)cc1. The zero-order chi connectivity index (χ0) is 18.7. The zero-order valence-electron chi connectivity index (χ0n) is 14.9. The third kappa shape index (κ3) is 4.44. The fraction of sp³-hybridized carbons (Fsp3) is 0.550. The van der Waals surface area contributed by atoms with Crippen molar-refractivity contribution in [3.63, 3.8) is 0 Å². The monoisotopic (exact) mass is 377 g/mol. The number of nitrogens with one attached hydrogen (secondary N) is 1. The van der Waals surface area contributed by atoms with Crippen LogP contribution in [0.3, 0.4) is 0 Å². The van der Waals surface area contributed by atoms with Gasteiger partial charge in [0, 0.05) is 16.9 Å². The number of halogens is 1. The highest BCUT2D eigenvalue weighted by Crippen LogP contribution is 2.40. The molecule has 0 spiro atoms. The number of amides is 1. The van der Waals surface area contributed by atoms with E-state index in [4.69, 9.17) is 16.3 Å². The van der Waals surface area contributed by atoms with Crippen LogP contribution in [0.4, 0.5) is 0 Å². The van der Waals surface area contributed by atoms with Gasteiger partial charge < -0.3 is 10.1 Å². The summed E-state index contributed by atoms with van der Waals surface area (Å²) in [5, 5.41) is 3.44. The molecule has 2 bridgehead atoms. The average Bonchev–Trinajstić information content (AvgIpc) is 2.60. The number of rotatable bonds is 5. The predicted molar refractivity (Wildman–Crippen MR) is 97.5 cm³/mol. The molecule has 0 aromatic heterocycles. The van der Waals surface area contributed by atoms with Gasteiger partial charge in [0.05, 0.1) is 12.0 Å². The highest BCUT2D eigenvalue weighted by atomic mass is 35.5. The third-order valence-corrected chi connectivity index (χ3v) is 5.73. The maximum Gasteiger partial charge on any atom is 0.309 e. The van der Waals surface area contributed by atoms with Crippen molar-refractivity contribution in [2.24, 2.45) is 17.8 Å². The van der Waals surface area contributed by atoms with Gasteiger partial charge >= 0.3 is 5.97 Å². The molecule has 2 aliphatic rings. The van der Waals surface area contributed by atoms with Crippen LogP contribution in [-0.2, 0) is 19.1 Å². The highest BCUT2D eigenvalue weighted by molar-refractivity contribution is 6.30. The molecule has 26 heavy (non-hydrogen) atoms. The van der Waals surface area contributed by atoms with E-state index in [1.807, 2.05) is 19.1 Å². The number of hydrogen-bond acceptors (Lipinski definition) is 4. The van der Waals surface area contributed by atoms with Crippen LogP contribution in [0.15, 0.2) is 24.3 Å². The molecule has 1 amide bonds. The molecule has 3 rings (SSSR count). The average molecular weight is 378 g/mol. The fourth-order valence-corrected chi connectivity index (χ4v) is 4.17. The lowest BCUT2D eigenvalue weighted by molar-refractivity contribution is -0.156.